The molecule has 0 spiro atoms. The number of benzene rings is 3. The summed E-state index contributed by atoms with van der Waals surface area (Å²) in [5, 5.41) is 3.04. The number of hydrogen-bond donors (Lipinski definition) is 1. The predicted octanol–water partition coefficient (Wildman–Crippen LogP) is 5.39. The van der Waals surface area contributed by atoms with Gasteiger partial charge >= 0.3 is 0 Å². The van der Waals surface area contributed by atoms with Crippen molar-refractivity contribution in [2.75, 3.05) is 17.1 Å². The van der Waals surface area contributed by atoms with E-state index in [1.165, 1.54) is 4.90 Å². The van der Waals surface area contributed by atoms with Crippen molar-refractivity contribution in [1.82, 2.24) is 10.2 Å². The third-order valence-corrected chi connectivity index (χ3v) is 8.72. The molecule has 0 saturated heterocycles. The monoisotopic (exact) mass is 627 g/mol. The van der Waals surface area contributed by atoms with Crippen LogP contribution in [0.25, 0.3) is 0 Å². The Morgan fingerprint density at radius 2 is 1.57 bits per heavy atom. The Hall–Kier alpha value is -3.17. The van der Waals surface area contributed by atoms with E-state index < -0.39 is 28.5 Å². The van der Waals surface area contributed by atoms with Crippen LogP contribution >= 0.6 is 15.9 Å². The van der Waals surface area contributed by atoms with E-state index in [0.717, 1.165) is 43.7 Å². The number of amides is 2. The standard InChI is InChI=1S/C31H38BrN3O4S/c1-6-23(3)33-31(37)29(19-25-12-8-7-9-13-25)34(20-26-15-17-27(32)18-16-26)30(36)21-35(40(5,38)39)28-14-10-11-22(2)24(28)4/h7-18,23,29H,6,19-21H2,1-5H3,(H,33,37)/t23-,29+/m0/s1. The maximum atomic E-state index is 14.2. The van der Waals surface area contributed by atoms with Crippen LogP contribution in [-0.4, -0.2) is 50.0 Å². The first-order valence-electron chi connectivity index (χ1n) is 13.3. The van der Waals surface area contributed by atoms with Gasteiger partial charge in [0.2, 0.25) is 21.8 Å². The summed E-state index contributed by atoms with van der Waals surface area (Å²) in [6, 6.07) is 21.5. The fourth-order valence-corrected chi connectivity index (χ4v) is 5.55. The first-order chi connectivity index (χ1) is 18.9. The number of carbonyl (C=O) groups excluding carboxylic acids is 2. The molecule has 0 aliphatic carbocycles. The third kappa shape index (κ3) is 8.41. The van der Waals surface area contributed by atoms with E-state index in [0.29, 0.717) is 5.69 Å². The van der Waals surface area contributed by atoms with E-state index in [4.69, 9.17) is 0 Å². The summed E-state index contributed by atoms with van der Waals surface area (Å²) in [6.07, 6.45) is 2.12. The summed E-state index contributed by atoms with van der Waals surface area (Å²) in [6.45, 7) is 7.35. The van der Waals surface area contributed by atoms with Gasteiger partial charge in [-0.2, -0.15) is 0 Å². The van der Waals surface area contributed by atoms with Gasteiger partial charge in [0.15, 0.2) is 0 Å². The number of aryl methyl sites for hydroxylation is 1. The van der Waals surface area contributed by atoms with Crippen molar-refractivity contribution in [3.05, 3.63) is 99.5 Å². The topological polar surface area (TPSA) is 86.8 Å². The van der Waals surface area contributed by atoms with Crippen molar-refractivity contribution in [2.24, 2.45) is 0 Å². The summed E-state index contributed by atoms with van der Waals surface area (Å²) in [5.74, 6) is -0.740. The van der Waals surface area contributed by atoms with E-state index in [-0.39, 0.29) is 24.9 Å². The van der Waals surface area contributed by atoms with Gasteiger partial charge in [0.25, 0.3) is 0 Å². The lowest BCUT2D eigenvalue weighted by molar-refractivity contribution is -0.140. The first kappa shape index (κ1) is 31.4. The molecule has 0 aliphatic rings. The molecule has 1 N–H and O–H groups in total. The van der Waals surface area contributed by atoms with E-state index >= 15 is 0 Å². The lowest BCUT2D eigenvalue weighted by Gasteiger charge is -2.34. The van der Waals surface area contributed by atoms with Gasteiger partial charge in [-0.05, 0) is 67.6 Å². The zero-order valence-corrected chi connectivity index (χ0v) is 26.1. The second-order valence-electron chi connectivity index (χ2n) is 10.2. The number of nitrogens with zero attached hydrogens (tertiary/aromatic N) is 2. The Kier molecular flexibility index (Phi) is 10.9. The molecule has 214 valence electrons. The quantitative estimate of drug-likeness (QED) is 0.292. The van der Waals surface area contributed by atoms with Crippen LogP contribution in [-0.2, 0) is 32.6 Å². The predicted molar refractivity (Wildman–Crippen MR) is 165 cm³/mol. The SMILES string of the molecule is CC[C@H](C)NC(=O)[C@@H](Cc1ccccc1)N(Cc1ccc(Br)cc1)C(=O)CN(c1cccc(C)c1C)S(C)(=O)=O. The Morgan fingerprint density at radius 1 is 0.925 bits per heavy atom. The average Bonchev–Trinajstić information content (AvgIpc) is 2.91. The largest absolute Gasteiger partial charge is 0.352 e. The first-order valence-corrected chi connectivity index (χ1v) is 16.0. The van der Waals surface area contributed by atoms with E-state index in [1.807, 2.05) is 88.4 Å². The van der Waals surface area contributed by atoms with Crippen LogP contribution in [0.4, 0.5) is 5.69 Å². The summed E-state index contributed by atoms with van der Waals surface area (Å²) in [7, 11) is -3.81. The number of anilines is 1. The fraction of sp³-hybridized carbons (Fsp3) is 0.355. The number of carbonyl (C=O) groups is 2. The van der Waals surface area contributed by atoms with Gasteiger partial charge in [0.05, 0.1) is 11.9 Å². The second-order valence-corrected chi connectivity index (χ2v) is 13.0. The molecule has 0 fully saturated rings. The van der Waals surface area contributed by atoms with Crippen molar-refractivity contribution in [3.8, 4) is 0 Å². The van der Waals surface area contributed by atoms with Crippen LogP contribution in [0.3, 0.4) is 0 Å². The number of sulfonamides is 1. The van der Waals surface area contributed by atoms with Crippen LogP contribution in [0, 0.1) is 13.8 Å². The smallest absolute Gasteiger partial charge is 0.244 e. The highest BCUT2D eigenvalue weighted by atomic mass is 79.9. The van der Waals surface area contributed by atoms with Crippen LogP contribution in [0.2, 0.25) is 0 Å². The Morgan fingerprint density at radius 3 is 2.17 bits per heavy atom. The van der Waals surface area contributed by atoms with Gasteiger partial charge in [-0.25, -0.2) is 8.42 Å². The molecule has 3 rings (SSSR count). The summed E-state index contributed by atoms with van der Waals surface area (Å²) < 4.78 is 28.0. The molecule has 3 aromatic rings. The molecule has 2 amide bonds. The summed E-state index contributed by atoms with van der Waals surface area (Å²) in [5.41, 5.74) is 3.86. The highest BCUT2D eigenvalue weighted by molar-refractivity contribution is 9.10. The molecular formula is C31H38BrN3O4S. The number of hydrogen-bond acceptors (Lipinski definition) is 4. The van der Waals surface area contributed by atoms with Gasteiger partial charge < -0.3 is 10.2 Å². The lowest BCUT2D eigenvalue weighted by atomic mass is 10.0. The average molecular weight is 629 g/mol. The van der Waals surface area contributed by atoms with Crippen molar-refractivity contribution < 1.29 is 18.0 Å². The van der Waals surface area contributed by atoms with Crippen LogP contribution < -0.4 is 9.62 Å². The van der Waals surface area contributed by atoms with Crippen LogP contribution in [0.5, 0.6) is 0 Å². The van der Waals surface area contributed by atoms with Gasteiger partial charge in [-0.15, -0.1) is 0 Å². The minimum Gasteiger partial charge on any atom is -0.352 e. The highest BCUT2D eigenvalue weighted by Gasteiger charge is 2.33. The minimum absolute atomic E-state index is 0.0853. The number of halogens is 1. The molecule has 9 heteroatoms. The van der Waals surface area contributed by atoms with Gasteiger partial charge in [-0.3, -0.25) is 13.9 Å². The molecule has 0 aromatic heterocycles. The van der Waals surface area contributed by atoms with Gasteiger partial charge in [0, 0.05) is 23.5 Å². The molecule has 0 unspecified atom stereocenters. The zero-order valence-electron chi connectivity index (χ0n) is 23.7. The third-order valence-electron chi connectivity index (χ3n) is 7.06. The Bertz CT molecular complexity index is 1410. The Balaban J connectivity index is 2.08. The van der Waals surface area contributed by atoms with E-state index in [9.17, 15) is 18.0 Å². The maximum absolute atomic E-state index is 14.2. The van der Waals surface area contributed by atoms with E-state index in [2.05, 4.69) is 21.2 Å². The minimum atomic E-state index is -3.81. The molecule has 0 aliphatic heterocycles. The number of nitrogens with one attached hydrogen (secondary N) is 1. The molecule has 0 radical (unpaired) electrons. The second kappa shape index (κ2) is 13.9. The van der Waals surface area contributed by atoms with E-state index in [1.54, 1.807) is 12.1 Å². The normalized spacial score (nSPS) is 12.8. The number of rotatable bonds is 12. The maximum Gasteiger partial charge on any atom is 0.244 e. The Labute approximate surface area is 246 Å². The van der Waals surface area contributed by atoms with Crippen molar-refractivity contribution in [3.63, 3.8) is 0 Å². The van der Waals surface area contributed by atoms with Crippen LogP contribution in [0.15, 0.2) is 77.3 Å². The summed E-state index contributed by atoms with van der Waals surface area (Å²) >= 11 is 3.45. The fourth-order valence-electron chi connectivity index (χ4n) is 4.38. The zero-order chi connectivity index (χ0) is 29.4. The molecular weight excluding hydrogens is 590 g/mol. The molecule has 7 nitrogen and oxygen atoms in total. The highest BCUT2D eigenvalue weighted by Crippen LogP contribution is 2.26. The van der Waals surface area contributed by atoms with Crippen LogP contribution in [0.1, 0.15) is 42.5 Å². The summed E-state index contributed by atoms with van der Waals surface area (Å²) in [4.78, 5) is 29.4. The van der Waals surface area contributed by atoms with Crippen molar-refractivity contribution >= 4 is 43.5 Å². The van der Waals surface area contributed by atoms with Crippen molar-refractivity contribution in [1.29, 1.82) is 0 Å². The molecule has 40 heavy (non-hydrogen) atoms. The molecule has 0 bridgehead atoms. The van der Waals surface area contributed by atoms with Crippen molar-refractivity contribution in [2.45, 2.75) is 59.2 Å². The molecule has 2 atom stereocenters. The molecule has 0 heterocycles. The lowest BCUT2D eigenvalue weighted by Crippen LogP contribution is -2.54. The van der Waals surface area contributed by atoms with Gasteiger partial charge in [0.1, 0.15) is 12.6 Å². The van der Waals surface area contributed by atoms with Gasteiger partial charge in [-0.1, -0.05) is 77.5 Å². The molecule has 3 aromatic carbocycles. The molecule has 0 saturated carbocycles.